The molecule has 4 rings (SSSR count). The van der Waals surface area contributed by atoms with Crippen LogP contribution in [-0.4, -0.2) is 54.7 Å². The maximum atomic E-state index is 12.7. The van der Waals surface area contributed by atoms with Gasteiger partial charge in [0.2, 0.25) is 0 Å². The van der Waals surface area contributed by atoms with Crippen LogP contribution < -0.4 is 0 Å². The lowest BCUT2D eigenvalue weighted by Gasteiger charge is -2.71. The zero-order chi connectivity index (χ0) is 29.3. The molecule has 4 saturated carbocycles. The molecule has 2 unspecified atom stereocenters. The number of esters is 1. The van der Waals surface area contributed by atoms with Gasteiger partial charge in [-0.1, -0.05) is 71.2 Å². The Kier molecular flexibility index (Phi) is 8.44. The number of aliphatic hydroxyl groups excluding tert-OH is 2. The molecule has 4 aliphatic rings. The van der Waals surface area contributed by atoms with E-state index >= 15 is 0 Å². The molecule has 0 bridgehead atoms. The van der Waals surface area contributed by atoms with E-state index in [4.69, 9.17) is 4.74 Å². The summed E-state index contributed by atoms with van der Waals surface area (Å²) >= 11 is 7.92. The van der Waals surface area contributed by atoms with Crippen molar-refractivity contribution in [3.63, 3.8) is 0 Å². The number of alkyl halides is 2. The monoisotopic (exact) mass is 672 g/mol. The van der Waals surface area contributed by atoms with Gasteiger partial charge < -0.3 is 20.1 Å². The number of carboxylic acid groups (broad SMARTS) is 1. The summed E-state index contributed by atoms with van der Waals surface area (Å²) in [6.45, 7) is 14.3. The summed E-state index contributed by atoms with van der Waals surface area (Å²) in [5.74, 6) is -1.67. The predicted molar refractivity (Wildman–Crippen MR) is 159 cm³/mol. The van der Waals surface area contributed by atoms with Gasteiger partial charge in [-0.25, -0.2) is 4.79 Å². The highest BCUT2D eigenvalue weighted by Crippen LogP contribution is 2.76. The topological polar surface area (TPSA) is 104 Å². The first kappa shape index (κ1) is 31.2. The Balaban J connectivity index is 1.86. The summed E-state index contributed by atoms with van der Waals surface area (Å²) in [4.78, 5) is 24.9. The first-order valence-electron chi connectivity index (χ1n) is 14.4. The number of hydrogen-bond acceptors (Lipinski definition) is 5. The van der Waals surface area contributed by atoms with E-state index in [0.717, 1.165) is 24.8 Å². The molecule has 0 radical (unpaired) electrons. The lowest BCUT2D eigenvalue weighted by atomic mass is 9.36. The summed E-state index contributed by atoms with van der Waals surface area (Å²) in [5, 5.41) is 33.5. The zero-order valence-corrected chi connectivity index (χ0v) is 27.6. The van der Waals surface area contributed by atoms with E-state index in [1.165, 1.54) is 6.92 Å². The molecule has 39 heavy (non-hydrogen) atoms. The fraction of sp³-hybridized carbons (Fsp3) is 0.806. The number of fused-ring (bicyclic) bond motifs is 5. The van der Waals surface area contributed by atoms with E-state index in [1.807, 2.05) is 19.9 Å². The third-order valence-corrected chi connectivity index (χ3v) is 14.6. The number of carbonyl (C=O) groups is 2. The highest BCUT2D eigenvalue weighted by Gasteiger charge is 2.74. The van der Waals surface area contributed by atoms with E-state index in [2.05, 4.69) is 59.6 Å². The second-order valence-corrected chi connectivity index (χ2v) is 16.4. The molecule has 220 valence electrons. The molecule has 0 aromatic carbocycles. The summed E-state index contributed by atoms with van der Waals surface area (Å²) in [6, 6.07) is 0. The van der Waals surface area contributed by atoms with Crippen molar-refractivity contribution in [2.45, 2.75) is 121 Å². The Morgan fingerprint density at radius 3 is 2.26 bits per heavy atom. The highest BCUT2D eigenvalue weighted by molar-refractivity contribution is 9.10. The maximum absolute atomic E-state index is 12.7. The van der Waals surface area contributed by atoms with Gasteiger partial charge in [-0.3, -0.25) is 4.79 Å². The van der Waals surface area contributed by atoms with Gasteiger partial charge in [0, 0.05) is 21.6 Å². The van der Waals surface area contributed by atoms with Crippen LogP contribution in [0, 0.1) is 34.0 Å². The smallest absolute Gasteiger partial charge is 0.331 e. The molecule has 0 aromatic rings. The van der Waals surface area contributed by atoms with Crippen molar-refractivity contribution >= 4 is 43.8 Å². The fourth-order valence-electron chi connectivity index (χ4n) is 9.68. The number of aliphatic hydroxyl groups is 2. The Morgan fingerprint density at radius 1 is 1.05 bits per heavy atom. The van der Waals surface area contributed by atoms with Gasteiger partial charge in [0.15, 0.2) is 0 Å². The van der Waals surface area contributed by atoms with Gasteiger partial charge >= 0.3 is 11.9 Å². The molecule has 0 heterocycles. The number of aliphatic carboxylic acids is 1. The molecule has 0 saturated heterocycles. The Morgan fingerprint density at radius 2 is 1.69 bits per heavy atom. The molecule has 0 aromatic heterocycles. The molecular formula is C31H46Br2O6. The molecule has 4 fully saturated rings. The third-order valence-electron chi connectivity index (χ3n) is 11.7. The van der Waals surface area contributed by atoms with Crippen molar-refractivity contribution in [2.24, 2.45) is 34.0 Å². The fourth-order valence-corrected chi connectivity index (χ4v) is 11.7. The van der Waals surface area contributed by atoms with E-state index in [-0.39, 0.29) is 43.2 Å². The van der Waals surface area contributed by atoms with Crippen molar-refractivity contribution in [1.82, 2.24) is 0 Å². The second kappa shape index (κ2) is 10.5. The van der Waals surface area contributed by atoms with Gasteiger partial charge in [-0.2, -0.15) is 0 Å². The molecule has 8 heteroatoms. The Hall–Kier alpha value is -0.700. The Labute approximate surface area is 250 Å². The molecule has 0 aliphatic heterocycles. The molecule has 0 amide bonds. The molecule has 11 atom stereocenters. The first-order chi connectivity index (χ1) is 17.9. The minimum absolute atomic E-state index is 0.00979. The van der Waals surface area contributed by atoms with Gasteiger partial charge in [0.25, 0.3) is 0 Å². The normalized spacial score (nSPS) is 48.3. The van der Waals surface area contributed by atoms with E-state index < -0.39 is 30.3 Å². The van der Waals surface area contributed by atoms with Crippen LogP contribution in [0.2, 0.25) is 0 Å². The second-order valence-electron chi connectivity index (χ2n) is 13.8. The van der Waals surface area contributed by atoms with Crippen LogP contribution in [0.5, 0.6) is 0 Å². The highest BCUT2D eigenvalue weighted by atomic mass is 79.9. The van der Waals surface area contributed by atoms with Crippen molar-refractivity contribution in [3.05, 3.63) is 22.8 Å². The summed E-state index contributed by atoms with van der Waals surface area (Å²) in [5.41, 5.74) is 1.14. The van der Waals surface area contributed by atoms with Crippen LogP contribution in [0.25, 0.3) is 0 Å². The molecule has 3 N–H and O–H groups in total. The van der Waals surface area contributed by atoms with Gasteiger partial charge in [-0.05, 0) is 98.4 Å². The lowest BCUT2D eigenvalue weighted by molar-refractivity contribution is -0.222. The van der Waals surface area contributed by atoms with Crippen LogP contribution in [0.15, 0.2) is 22.8 Å². The summed E-state index contributed by atoms with van der Waals surface area (Å²) in [6.07, 6.45) is 4.62. The maximum Gasteiger partial charge on any atom is 0.331 e. The average molecular weight is 675 g/mol. The number of rotatable bonds is 5. The van der Waals surface area contributed by atoms with Crippen LogP contribution in [0.1, 0.15) is 93.4 Å². The van der Waals surface area contributed by atoms with Crippen molar-refractivity contribution in [2.75, 3.05) is 0 Å². The number of ether oxygens (including phenoxy) is 1. The summed E-state index contributed by atoms with van der Waals surface area (Å²) in [7, 11) is 0. The Bertz CT molecular complexity index is 1080. The van der Waals surface area contributed by atoms with Crippen molar-refractivity contribution in [1.29, 1.82) is 0 Å². The van der Waals surface area contributed by atoms with Crippen LogP contribution in [0.4, 0.5) is 0 Å². The summed E-state index contributed by atoms with van der Waals surface area (Å²) < 4.78 is 5.56. The molecule has 4 aliphatic carbocycles. The molecule has 0 spiro atoms. The van der Waals surface area contributed by atoms with Gasteiger partial charge in [-0.15, -0.1) is 0 Å². The van der Waals surface area contributed by atoms with Crippen LogP contribution in [-0.2, 0) is 14.3 Å². The van der Waals surface area contributed by atoms with Gasteiger partial charge in [0.05, 0.1) is 12.2 Å². The molecule has 6 nitrogen and oxygen atoms in total. The SMILES string of the molecule is CC(=O)O[C@H]1C[C@@]2(C)[C@H](C[C@@H](O)[C@H]3[C@]2(C)CCC2(Br)[C@H](C)[C@H](O)C(Br)C[C@]32C)C1=C(CCC=C(C)C)C(=O)O. The van der Waals surface area contributed by atoms with Crippen molar-refractivity contribution < 1.29 is 29.6 Å². The lowest BCUT2D eigenvalue weighted by Crippen LogP contribution is -2.71. The number of carboxylic acids is 1. The van der Waals surface area contributed by atoms with Crippen LogP contribution in [0.3, 0.4) is 0 Å². The van der Waals surface area contributed by atoms with Gasteiger partial charge in [0.1, 0.15) is 6.10 Å². The number of allylic oxidation sites excluding steroid dienone is 2. The third kappa shape index (κ3) is 4.62. The quantitative estimate of drug-likeness (QED) is 0.132. The van der Waals surface area contributed by atoms with Crippen LogP contribution >= 0.6 is 31.9 Å². The molecular weight excluding hydrogens is 628 g/mol. The number of halogens is 2. The average Bonchev–Trinajstić information content (AvgIpc) is 3.08. The number of hydrogen-bond donors (Lipinski definition) is 3. The van der Waals surface area contributed by atoms with E-state index in [9.17, 15) is 24.9 Å². The minimum atomic E-state index is -0.970. The first-order valence-corrected chi connectivity index (χ1v) is 16.1. The number of carbonyl (C=O) groups excluding carboxylic acids is 1. The largest absolute Gasteiger partial charge is 0.478 e. The predicted octanol–water partition coefficient (Wildman–Crippen LogP) is 6.56. The minimum Gasteiger partial charge on any atom is -0.478 e. The van der Waals surface area contributed by atoms with Crippen molar-refractivity contribution in [3.8, 4) is 0 Å². The van der Waals surface area contributed by atoms with E-state index in [0.29, 0.717) is 36.8 Å². The standard InChI is InChI=1S/C31H46Br2O6/c1-16(2)9-8-10-19(27(37)38)24-20-13-22(35)26-28(5,29(20,6)15-23(24)39-18(4)34)11-12-31(33)17(3)25(36)21(32)14-30(26,31)7/h9,17,20-23,25-26,35-36H,8,10-15H2,1-7H3,(H,37,38)/t17-,20-,21?,22-,23+,25+,26+,28+,29+,30-,31?/m1/s1. The zero-order valence-electron chi connectivity index (χ0n) is 24.4. The van der Waals surface area contributed by atoms with E-state index in [1.54, 1.807) is 0 Å².